The first kappa shape index (κ1) is 9.00. The standard InChI is InChI=1S/C7H7Br2NO/c1-4-6(11)2-5(3-10-4)7(8)9/h2-3,7,11H,1H3. The molecule has 0 aromatic carbocycles. The number of hydrogen-bond donors (Lipinski definition) is 1. The molecule has 0 aliphatic rings. The maximum Gasteiger partial charge on any atom is 0.137 e. The molecule has 11 heavy (non-hydrogen) atoms. The van der Waals surface area contributed by atoms with Crippen molar-refractivity contribution in [1.82, 2.24) is 4.98 Å². The molecule has 0 fully saturated rings. The van der Waals surface area contributed by atoms with Crippen LogP contribution in [0, 0.1) is 6.92 Å². The highest BCUT2D eigenvalue weighted by atomic mass is 79.9. The Labute approximate surface area is 81.9 Å². The molecule has 0 spiro atoms. The van der Waals surface area contributed by atoms with E-state index in [1.54, 1.807) is 19.2 Å². The third kappa shape index (κ3) is 2.17. The highest BCUT2D eigenvalue weighted by Gasteiger charge is 2.04. The normalized spacial score (nSPS) is 10.5. The summed E-state index contributed by atoms with van der Waals surface area (Å²) in [6.07, 6.45) is 1.71. The van der Waals surface area contributed by atoms with Crippen molar-refractivity contribution in [3.05, 3.63) is 23.5 Å². The highest BCUT2D eigenvalue weighted by Crippen LogP contribution is 2.30. The number of hydrogen-bond acceptors (Lipinski definition) is 2. The number of nitrogens with zero attached hydrogens (tertiary/aromatic N) is 1. The van der Waals surface area contributed by atoms with E-state index in [2.05, 4.69) is 36.8 Å². The van der Waals surface area contributed by atoms with Crippen LogP contribution < -0.4 is 0 Å². The summed E-state index contributed by atoms with van der Waals surface area (Å²) in [6.45, 7) is 1.76. The molecule has 0 radical (unpaired) electrons. The smallest absolute Gasteiger partial charge is 0.137 e. The van der Waals surface area contributed by atoms with E-state index in [-0.39, 0.29) is 9.49 Å². The average molecular weight is 281 g/mol. The maximum atomic E-state index is 9.24. The lowest BCUT2D eigenvalue weighted by Gasteiger charge is -2.03. The second kappa shape index (κ2) is 3.54. The van der Waals surface area contributed by atoms with E-state index in [0.29, 0.717) is 5.69 Å². The SMILES string of the molecule is Cc1ncc(C(Br)Br)cc1O. The Bertz CT molecular complexity index is 263. The van der Waals surface area contributed by atoms with Gasteiger partial charge in [-0.15, -0.1) is 0 Å². The van der Waals surface area contributed by atoms with Crippen LogP contribution in [0.3, 0.4) is 0 Å². The fourth-order valence-corrected chi connectivity index (χ4v) is 1.16. The van der Waals surface area contributed by atoms with Crippen molar-refractivity contribution < 1.29 is 5.11 Å². The van der Waals surface area contributed by atoms with Gasteiger partial charge in [0.05, 0.1) is 9.43 Å². The van der Waals surface area contributed by atoms with Crippen LogP contribution in [0.4, 0.5) is 0 Å². The average Bonchev–Trinajstić information content (AvgIpc) is 1.94. The van der Waals surface area contributed by atoms with Gasteiger partial charge >= 0.3 is 0 Å². The number of aromatic nitrogens is 1. The molecule has 2 nitrogen and oxygen atoms in total. The zero-order chi connectivity index (χ0) is 8.43. The van der Waals surface area contributed by atoms with Crippen LogP contribution >= 0.6 is 31.9 Å². The van der Waals surface area contributed by atoms with Crippen LogP contribution in [0.15, 0.2) is 12.3 Å². The minimum Gasteiger partial charge on any atom is -0.506 e. The Morgan fingerprint density at radius 2 is 2.18 bits per heavy atom. The molecule has 0 saturated heterocycles. The first-order valence-corrected chi connectivity index (χ1v) is 4.88. The molecule has 0 unspecified atom stereocenters. The van der Waals surface area contributed by atoms with Gasteiger partial charge < -0.3 is 5.11 Å². The van der Waals surface area contributed by atoms with E-state index in [9.17, 15) is 5.11 Å². The van der Waals surface area contributed by atoms with E-state index in [1.807, 2.05) is 0 Å². The van der Waals surface area contributed by atoms with Gasteiger partial charge in [0, 0.05) is 6.20 Å². The number of pyridine rings is 1. The molecule has 1 aromatic rings. The van der Waals surface area contributed by atoms with Crippen LogP contribution in [0.2, 0.25) is 0 Å². The lowest BCUT2D eigenvalue weighted by molar-refractivity contribution is 0.467. The van der Waals surface area contributed by atoms with E-state index in [4.69, 9.17) is 0 Å². The van der Waals surface area contributed by atoms with E-state index in [0.717, 1.165) is 5.56 Å². The summed E-state index contributed by atoms with van der Waals surface area (Å²) in [5.41, 5.74) is 1.56. The Kier molecular flexibility index (Phi) is 2.90. The monoisotopic (exact) mass is 279 g/mol. The summed E-state index contributed by atoms with van der Waals surface area (Å²) >= 11 is 6.61. The van der Waals surface area contributed by atoms with E-state index in [1.165, 1.54) is 0 Å². The lowest BCUT2D eigenvalue weighted by Crippen LogP contribution is -1.86. The van der Waals surface area contributed by atoms with Crippen molar-refractivity contribution in [3.63, 3.8) is 0 Å². The number of aromatic hydroxyl groups is 1. The molecule has 0 saturated carbocycles. The molecular weight excluding hydrogens is 274 g/mol. The Morgan fingerprint density at radius 1 is 1.55 bits per heavy atom. The minimum absolute atomic E-state index is 0.0500. The van der Waals surface area contributed by atoms with Crippen LogP contribution in [0.5, 0.6) is 5.75 Å². The fraction of sp³-hybridized carbons (Fsp3) is 0.286. The molecule has 1 aromatic heterocycles. The Hall–Kier alpha value is -0.0900. The zero-order valence-electron chi connectivity index (χ0n) is 5.88. The summed E-state index contributed by atoms with van der Waals surface area (Å²) in [6, 6.07) is 1.68. The molecule has 4 heteroatoms. The predicted octanol–water partition coefficient (Wildman–Crippen LogP) is 2.88. The first-order chi connectivity index (χ1) is 5.11. The van der Waals surface area contributed by atoms with E-state index < -0.39 is 0 Å². The molecule has 1 N–H and O–H groups in total. The van der Waals surface area contributed by atoms with Crippen LogP contribution in [0.25, 0.3) is 0 Å². The highest BCUT2D eigenvalue weighted by molar-refractivity contribution is 9.24. The predicted molar refractivity (Wildman–Crippen MR) is 51.2 cm³/mol. The quantitative estimate of drug-likeness (QED) is 0.803. The molecule has 0 aliphatic carbocycles. The van der Waals surface area contributed by atoms with Crippen molar-refractivity contribution in [2.24, 2.45) is 0 Å². The molecular formula is C7H7Br2NO. The molecule has 0 aliphatic heterocycles. The van der Waals surface area contributed by atoms with Crippen LogP contribution in [0.1, 0.15) is 15.0 Å². The first-order valence-electron chi connectivity index (χ1n) is 3.05. The summed E-state index contributed by atoms with van der Waals surface area (Å²) in [5.74, 6) is 0.228. The fourth-order valence-electron chi connectivity index (χ4n) is 0.656. The molecule has 1 rings (SSSR count). The number of alkyl halides is 2. The van der Waals surface area contributed by atoms with Gasteiger partial charge in [0.15, 0.2) is 0 Å². The molecule has 0 bridgehead atoms. The summed E-state index contributed by atoms with van der Waals surface area (Å²) in [7, 11) is 0. The van der Waals surface area contributed by atoms with Crippen molar-refractivity contribution in [2.45, 2.75) is 10.7 Å². The van der Waals surface area contributed by atoms with Crippen molar-refractivity contribution in [3.8, 4) is 5.75 Å². The second-order valence-electron chi connectivity index (χ2n) is 2.17. The van der Waals surface area contributed by atoms with Crippen LogP contribution in [-0.4, -0.2) is 10.1 Å². The van der Waals surface area contributed by atoms with Gasteiger partial charge in [-0.1, -0.05) is 31.9 Å². The summed E-state index contributed by atoms with van der Waals surface area (Å²) in [4.78, 5) is 3.99. The van der Waals surface area contributed by atoms with Gasteiger partial charge in [-0.3, -0.25) is 4.98 Å². The van der Waals surface area contributed by atoms with E-state index >= 15 is 0 Å². The Morgan fingerprint density at radius 3 is 2.64 bits per heavy atom. The van der Waals surface area contributed by atoms with Crippen molar-refractivity contribution in [1.29, 1.82) is 0 Å². The van der Waals surface area contributed by atoms with Gasteiger partial charge in [0.2, 0.25) is 0 Å². The molecule has 60 valence electrons. The number of aryl methyl sites for hydroxylation is 1. The van der Waals surface area contributed by atoms with Gasteiger partial charge in [0.1, 0.15) is 5.75 Å². The molecule has 1 heterocycles. The Balaban J connectivity index is 3.05. The lowest BCUT2D eigenvalue weighted by atomic mass is 10.2. The van der Waals surface area contributed by atoms with Crippen molar-refractivity contribution in [2.75, 3.05) is 0 Å². The maximum absolute atomic E-state index is 9.24. The zero-order valence-corrected chi connectivity index (χ0v) is 9.05. The molecule has 0 amide bonds. The van der Waals surface area contributed by atoms with Gasteiger partial charge in [0.25, 0.3) is 0 Å². The third-order valence-electron chi connectivity index (χ3n) is 1.33. The van der Waals surface area contributed by atoms with Crippen molar-refractivity contribution >= 4 is 31.9 Å². The molecule has 0 atom stereocenters. The van der Waals surface area contributed by atoms with Gasteiger partial charge in [-0.25, -0.2) is 0 Å². The minimum atomic E-state index is 0.0500. The van der Waals surface area contributed by atoms with Gasteiger partial charge in [-0.05, 0) is 18.6 Å². The number of rotatable bonds is 1. The van der Waals surface area contributed by atoms with Gasteiger partial charge in [-0.2, -0.15) is 0 Å². The largest absolute Gasteiger partial charge is 0.506 e. The summed E-state index contributed by atoms with van der Waals surface area (Å²) in [5, 5.41) is 9.24. The third-order valence-corrected chi connectivity index (χ3v) is 2.39. The topological polar surface area (TPSA) is 33.1 Å². The van der Waals surface area contributed by atoms with Crippen LogP contribution in [-0.2, 0) is 0 Å². The summed E-state index contributed by atoms with van der Waals surface area (Å²) < 4.78 is 0.0500. The number of halogens is 2. The second-order valence-corrected chi connectivity index (χ2v) is 5.23.